The second-order valence-electron chi connectivity index (χ2n) is 5.21. The number of nitrogens with two attached hydrogens (primary N) is 1. The first-order chi connectivity index (χ1) is 8.97. The topological polar surface area (TPSA) is 69.4 Å². The van der Waals surface area contributed by atoms with Gasteiger partial charge in [0.1, 0.15) is 0 Å². The number of ether oxygens (including phenoxy) is 1. The van der Waals surface area contributed by atoms with Gasteiger partial charge in [-0.2, -0.15) is 0 Å². The van der Waals surface area contributed by atoms with E-state index in [4.69, 9.17) is 10.5 Å². The average Bonchev–Trinajstić information content (AvgIpc) is 3.07. The Bertz CT molecular complexity index is 529. The second kappa shape index (κ2) is 5.23. The largest absolute Gasteiger partial charge is 0.381 e. The molecule has 2 rings (SSSR count). The molecule has 19 heavy (non-hydrogen) atoms. The maximum absolute atomic E-state index is 12.0. The van der Waals surface area contributed by atoms with Crippen LogP contribution in [0.15, 0.2) is 30.3 Å². The molecular weight excluding hydrogens is 262 g/mol. The predicted molar refractivity (Wildman–Crippen MR) is 75.8 cm³/mol. The maximum Gasteiger partial charge on any atom is 0.151 e. The molecule has 2 N–H and O–H groups in total. The summed E-state index contributed by atoms with van der Waals surface area (Å²) < 4.78 is 29.5. The summed E-state index contributed by atoms with van der Waals surface area (Å²) in [6.07, 6.45) is 1.29. The van der Waals surface area contributed by atoms with Crippen LogP contribution in [-0.2, 0) is 14.6 Å². The van der Waals surface area contributed by atoms with Crippen molar-refractivity contribution >= 4 is 9.84 Å². The first kappa shape index (κ1) is 14.5. The van der Waals surface area contributed by atoms with Gasteiger partial charge in [0, 0.05) is 30.7 Å². The lowest BCUT2D eigenvalue weighted by atomic mass is 10.0. The van der Waals surface area contributed by atoms with Gasteiger partial charge in [-0.3, -0.25) is 0 Å². The molecule has 0 saturated heterocycles. The van der Waals surface area contributed by atoms with Crippen molar-refractivity contribution in [3.05, 3.63) is 35.9 Å². The van der Waals surface area contributed by atoms with E-state index < -0.39 is 20.5 Å². The van der Waals surface area contributed by atoms with Crippen molar-refractivity contribution in [2.24, 2.45) is 11.1 Å². The zero-order valence-electron chi connectivity index (χ0n) is 11.4. The number of hydrogen-bond acceptors (Lipinski definition) is 4. The summed E-state index contributed by atoms with van der Waals surface area (Å²) in [6.45, 7) is 3.20. The van der Waals surface area contributed by atoms with Gasteiger partial charge in [-0.05, 0) is 12.5 Å². The standard InChI is InChI=1S/C14H21NO3S/c1-3-18-10-14(9-15)12(13(14)19(2,16)17)11-7-5-4-6-8-11/h4-8,12-13H,3,9-10,15H2,1-2H3/t12-,13-,14-/m1/s1. The van der Waals surface area contributed by atoms with E-state index in [1.54, 1.807) is 0 Å². The lowest BCUT2D eigenvalue weighted by Crippen LogP contribution is -2.28. The van der Waals surface area contributed by atoms with E-state index in [-0.39, 0.29) is 5.92 Å². The molecule has 1 aromatic rings. The Morgan fingerprint density at radius 3 is 2.42 bits per heavy atom. The van der Waals surface area contributed by atoms with Crippen molar-refractivity contribution in [1.82, 2.24) is 0 Å². The smallest absolute Gasteiger partial charge is 0.151 e. The lowest BCUT2D eigenvalue weighted by Gasteiger charge is -2.15. The molecule has 1 aliphatic rings. The summed E-state index contributed by atoms with van der Waals surface area (Å²) in [7, 11) is -3.14. The normalized spacial score (nSPS) is 30.3. The van der Waals surface area contributed by atoms with Crippen molar-refractivity contribution in [2.45, 2.75) is 18.1 Å². The number of benzene rings is 1. The van der Waals surface area contributed by atoms with Crippen LogP contribution in [0.4, 0.5) is 0 Å². The molecule has 1 fully saturated rings. The molecule has 1 saturated carbocycles. The number of rotatable bonds is 6. The molecule has 0 unspecified atom stereocenters. The highest BCUT2D eigenvalue weighted by Crippen LogP contribution is 2.62. The zero-order chi connectivity index (χ0) is 14.1. The Balaban J connectivity index is 2.35. The highest BCUT2D eigenvalue weighted by molar-refractivity contribution is 7.91. The summed E-state index contributed by atoms with van der Waals surface area (Å²) in [4.78, 5) is 0. The van der Waals surface area contributed by atoms with Gasteiger partial charge in [-0.15, -0.1) is 0 Å². The minimum Gasteiger partial charge on any atom is -0.381 e. The monoisotopic (exact) mass is 283 g/mol. The van der Waals surface area contributed by atoms with Crippen molar-refractivity contribution in [2.75, 3.05) is 26.0 Å². The van der Waals surface area contributed by atoms with Crippen molar-refractivity contribution < 1.29 is 13.2 Å². The fourth-order valence-corrected chi connectivity index (χ4v) is 5.07. The fourth-order valence-electron chi connectivity index (χ4n) is 3.06. The number of hydrogen-bond donors (Lipinski definition) is 1. The molecule has 0 aromatic heterocycles. The lowest BCUT2D eigenvalue weighted by molar-refractivity contribution is 0.101. The Labute approximate surface area is 114 Å². The molecule has 3 atom stereocenters. The van der Waals surface area contributed by atoms with Crippen LogP contribution in [0.2, 0.25) is 0 Å². The Morgan fingerprint density at radius 2 is 1.95 bits per heavy atom. The van der Waals surface area contributed by atoms with Crippen LogP contribution in [0, 0.1) is 5.41 Å². The van der Waals surface area contributed by atoms with Gasteiger partial charge in [0.2, 0.25) is 0 Å². The molecule has 106 valence electrons. The van der Waals surface area contributed by atoms with Gasteiger partial charge in [0.25, 0.3) is 0 Å². The van der Waals surface area contributed by atoms with E-state index in [1.165, 1.54) is 6.26 Å². The molecule has 0 aliphatic heterocycles. The third-order valence-corrected chi connectivity index (χ3v) is 5.62. The summed E-state index contributed by atoms with van der Waals surface area (Å²) in [5.74, 6) is -0.0553. The SMILES string of the molecule is CCOC[C@]1(CN)[C@H](c2ccccc2)[C@H]1S(C)(=O)=O. The molecule has 4 nitrogen and oxygen atoms in total. The summed E-state index contributed by atoms with van der Waals surface area (Å²) >= 11 is 0. The van der Waals surface area contributed by atoms with E-state index >= 15 is 0 Å². The Kier molecular flexibility index (Phi) is 3.99. The van der Waals surface area contributed by atoms with E-state index in [0.717, 1.165) is 5.56 Å². The highest BCUT2D eigenvalue weighted by Gasteiger charge is 2.69. The molecule has 0 amide bonds. The van der Waals surface area contributed by atoms with Crippen molar-refractivity contribution in [1.29, 1.82) is 0 Å². The van der Waals surface area contributed by atoms with Gasteiger partial charge in [0.05, 0.1) is 11.9 Å². The molecule has 0 spiro atoms. The van der Waals surface area contributed by atoms with Crippen molar-refractivity contribution in [3.8, 4) is 0 Å². The van der Waals surface area contributed by atoms with E-state index in [1.807, 2.05) is 37.3 Å². The minimum atomic E-state index is -3.14. The van der Waals surface area contributed by atoms with Crippen LogP contribution in [0.5, 0.6) is 0 Å². The molecule has 5 heteroatoms. The van der Waals surface area contributed by atoms with E-state index in [0.29, 0.717) is 19.8 Å². The van der Waals surface area contributed by atoms with Gasteiger partial charge in [-0.25, -0.2) is 8.42 Å². The van der Waals surface area contributed by atoms with Crippen molar-refractivity contribution in [3.63, 3.8) is 0 Å². The third kappa shape index (κ3) is 2.55. The molecule has 0 bridgehead atoms. The van der Waals surface area contributed by atoms with Gasteiger partial charge in [-0.1, -0.05) is 30.3 Å². The van der Waals surface area contributed by atoms with Crippen LogP contribution in [0.1, 0.15) is 18.4 Å². The molecule has 0 heterocycles. The van der Waals surface area contributed by atoms with E-state index in [9.17, 15) is 8.42 Å². The maximum atomic E-state index is 12.0. The first-order valence-corrected chi connectivity index (χ1v) is 8.44. The van der Waals surface area contributed by atoms with E-state index in [2.05, 4.69) is 0 Å². The Hall–Kier alpha value is -0.910. The Morgan fingerprint density at radius 1 is 1.32 bits per heavy atom. The summed E-state index contributed by atoms with van der Waals surface area (Å²) in [5.41, 5.74) is 6.44. The molecular formula is C14H21NO3S. The molecule has 1 aromatic carbocycles. The highest BCUT2D eigenvalue weighted by atomic mass is 32.2. The second-order valence-corrected chi connectivity index (χ2v) is 7.38. The quantitative estimate of drug-likeness (QED) is 0.851. The van der Waals surface area contributed by atoms with Crippen LogP contribution >= 0.6 is 0 Å². The zero-order valence-corrected chi connectivity index (χ0v) is 12.2. The number of sulfone groups is 1. The fraction of sp³-hybridized carbons (Fsp3) is 0.571. The average molecular weight is 283 g/mol. The summed E-state index contributed by atoms with van der Waals surface area (Å²) in [5, 5.41) is -0.432. The molecule has 1 aliphatic carbocycles. The van der Waals surface area contributed by atoms with Gasteiger partial charge < -0.3 is 10.5 Å². The van der Waals surface area contributed by atoms with Crippen LogP contribution in [-0.4, -0.2) is 39.7 Å². The predicted octanol–water partition coefficient (Wildman–Crippen LogP) is 1.18. The van der Waals surface area contributed by atoms with Gasteiger partial charge >= 0.3 is 0 Å². The summed E-state index contributed by atoms with van der Waals surface area (Å²) in [6, 6.07) is 9.70. The molecule has 0 radical (unpaired) electrons. The van der Waals surface area contributed by atoms with Crippen LogP contribution in [0.3, 0.4) is 0 Å². The van der Waals surface area contributed by atoms with Crippen LogP contribution in [0.25, 0.3) is 0 Å². The minimum absolute atomic E-state index is 0.0553. The van der Waals surface area contributed by atoms with Gasteiger partial charge in [0.15, 0.2) is 9.84 Å². The first-order valence-electron chi connectivity index (χ1n) is 6.49. The third-order valence-electron chi connectivity index (χ3n) is 3.95. The van der Waals surface area contributed by atoms with Crippen LogP contribution < -0.4 is 5.73 Å².